The fourth-order valence-corrected chi connectivity index (χ4v) is 1.78. The molecule has 1 heterocycles. The van der Waals surface area contributed by atoms with E-state index in [1.54, 1.807) is 6.92 Å². The zero-order valence-electron chi connectivity index (χ0n) is 9.21. The zero-order chi connectivity index (χ0) is 13.3. The number of aryl methyl sites for hydroxylation is 1. The first-order valence-electron chi connectivity index (χ1n) is 4.92. The van der Waals surface area contributed by atoms with Crippen LogP contribution in [-0.2, 0) is 0 Å². The quantitative estimate of drug-likeness (QED) is 0.759. The van der Waals surface area contributed by atoms with E-state index in [1.165, 1.54) is 12.1 Å². The van der Waals surface area contributed by atoms with Crippen molar-refractivity contribution in [3.05, 3.63) is 45.7 Å². The smallest absolute Gasteiger partial charge is 0.163 e. The highest BCUT2D eigenvalue weighted by Crippen LogP contribution is 2.26. The van der Waals surface area contributed by atoms with E-state index in [0.29, 0.717) is 5.69 Å². The second-order valence-corrected chi connectivity index (χ2v) is 4.43. The van der Waals surface area contributed by atoms with Crippen LogP contribution in [0.15, 0.2) is 22.7 Å². The van der Waals surface area contributed by atoms with Gasteiger partial charge in [0.2, 0.25) is 0 Å². The minimum absolute atomic E-state index is 0.0449. The molecule has 0 N–H and O–H groups in total. The summed E-state index contributed by atoms with van der Waals surface area (Å²) in [5.74, 6) is -1.42. The molecule has 0 aliphatic rings. The summed E-state index contributed by atoms with van der Waals surface area (Å²) in [7, 11) is 0. The molecule has 0 atom stereocenters. The Bertz CT molecular complexity index is 665. The molecule has 0 saturated heterocycles. The largest absolute Gasteiger partial charge is 0.233 e. The average Bonchev–Trinajstić information content (AvgIpc) is 2.33. The Kier molecular flexibility index (Phi) is 3.34. The highest BCUT2D eigenvalue weighted by molar-refractivity contribution is 9.10. The Morgan fingerprint density at radius 1 is 1.17 bits per heavy atom. The summed E-state index contributed by atoms with van der Waals surface area (Å²) in [6, 6.07) is 5.35. The van der Waals surface area contributed by atoms with Gasteiger partial charge in [0.05, 0.1) is 10.0 Å². The maximum absolute atomic E-state index is 13.7. The van der Waals surface area contributed by atoms with Crippen molar-refractivity contribution in [2.45, 2.75) is 6.92 Å². The number of hydrogen-bond acceptors (Lipinski definition) is 3. The van der Waals surface area contributed by atoms with Crippen molar-refractivity contribution in [1.82, 2.24) is 9.97 Å². The molecular formula is C12H6BrF2N3. The molecule has 0 bridgehead atoms. The van der Waals surface area contributed by atoms with Crippen molar-refractivity contribution in [3.63, 3.8) is 0 Å². The zero-order valence-corrected chi connectivity index (χ0v) is 10.8. The number of nitriles is 1. The Hall–Kier alpha value is -1.87. The summed E-state index contributed by atoms with van der Waals surface area (Å²) in [4.78, 5) is 7.94. The van der Waals surface area contributed by atoms with E-state index < -0.39 is 11.6 Å². The van der Waals surface area contributed by atoms with Crippen LogP contribution in [-0.4, -0.2) is 9.97 Å². The summed E-state index contributed by atoms with van der Waals surface area (Å²) >= 11 is 2.97. The summed E-state index contributed by atoms with van der Waals surface area (Å²) in [5, 5.41) is 8.80. The standard InChI is InChI=1S/C12H6BrF2N3/c1-6-2-7(5-16)18-12(17-6)8-3-9(13)11(15)4-10(8)14/h2-4H,1H3. The molecule has 6 heteroatoms. The van der Waals surface area contributed by atoms with Crippen LogP contribution in [0.5, 0.6) is 0 Å². The minimum Gasteiger partial charge on any atom is -0.233 e. The third kappa shape index (κ3) is 2.36. The van der Waals surface area contributed by atoms with Crippen molar-refractivity contribution in [1.29, 1.82) is 5.26 Å². The highest BCUT2D eigenvalue weighted by atomic mass is 79.9. The fraction of sp³-hybridized carbons (Fsp3) is 0.0833. The molecule has 0 spiro atoms. The topological polar surface area (TPSA) is 49.6 Å². The van der Waals surface area contributed by atoms with E-state index in [9.17, 15) is 8.78 Å². The van der Waals surface area contributed by atoms with Gasteiger partial charge < -0.3 is 0 Å². The van der Waals surface area contributed by atoms with Crippen molar-refractivity contribution in [2.24, 2.45) is 0 Å². The molecule has 2 aromatic rings. The predicted molar refractivity (Wildman–Crippen MR) is 64.5 cm³/mol. The Morgan fingerprint density at radius 3 is 2.56 bits per heavy atom. The minimum atomic E-state index is -0.773. The van der Waals surface area contributed by atoms with Crippen molar-refractivity contribution < 1.29 is 8.78 Å². The number of aromatic nitrogens is 2. The number of hydrogen-bond donors (Lipinski definition) is 0. The van der Waals surface area contributed by atoms with Crippen molar-refractivity contribution in [2.75, 3.05) is 0 Å². The number of halogens is 3. The van der Waals surface area contributed by atoms with Gasteiger partial charge in [0.15, 0.2) is 5.82 Å². The van der Waals surface area contributed by atoms with Crippen LogP contribution in [0.25, 0.3) is 11.4 Å². The molecule has 0 unspecified atom stereocenters. The van der Waals surface area contributed by atoms with E-state index in [4.69, 9.17) is 5.26 Å². The normalized spacial score (nSPS) is 10.2. The first kappa shape index (κ1) is 12.6. The Morgan fingerprint density at radius 2 is 1.89 bits per heavy atom. The number of nitrogens with zero attached hydrogens (tertiary/aromatic N) is 3. The maximum atomic E-state index is 13.7. The average molecular weight is 310 g/mol. The third-order valence-electron chi connectivity index (χ3n) is 2.22. The van der Waals surface area contributed by atoms with Gasteiger partial charge in [-0.05, 0) is 35.0 Å². The lowest BCUT2D eigenvalue weighted by Crippen LogP contribution is -1.98. The first-order valence-corrected chi connectivity index (χ1v) is 5.71. The van der Waals surface area contributed by atoms with Crippen LogP contribution in [0.4, 0.5) is 8.78 Å². The summed E-state index contributed by atoms with van der Waals surface area (Å²) in [6.07, 6.45) is 0. The second kappa shape index (κ2) is 4.78. The van der Waals surface area contributed by atoms with Gasteiger partial charge >= 0.3 is 0 Å². The molecule has 1 aromatic heterocycles. The molecule has 18 heavy (non-hydrogen) atoms. The van der Waals surface area contributed by atoms with Crippen molar-refractivity contribution >= 4 is 15.9 Å². The van der Waals surface area contributed by atoms with Gasteiger partial charge in [0.1, 0.15) is 23.4 Å². The summed E-state index contributed by atoms with van der Waals surface area (Å²) < 4.78 is 26.9. The molecule has 1 aromatic carbocycles. The molecule has 0 aliphatic heterocycles. The molecular weight excluding hydrogens is 304 g/mol. The van der Waals surface area contributed by atoms with Gasteiger partial charge in [-0.25, -0.2) is 18.7 Å². The van der Waals surface area contributed by atoms with Crippen LogP contribution in [0.2, 0.25) is 0 Å². The summed E-state index contributed by atoms with van der Waals surface area (Å²) in [6.45, 7) is 1.67. The van der Waals surface area contributed by atoms with Crippen LogP contribution in [0.3, 0.4) is 0 Å². The lowest BCUT2D eigenvalue weighted by Gasteiger charge is -2.05. The highest BCUT2D eigenvalue weighted by Gasteiger charge is 2.13. The van der Waals surface area contributed by atoms with Crippen LogP contribution in [0.1, 0.15) is 11.4 Å². The lowest BCUT2D eigenvalue weighted by molar-refractivity contribution is 0.580. The molecule has 0 saturated carbocycles. The summed E-state index contributed by atoms with van der Waals surface area (Å²) in [5.41, 5.74) is 0.720. The van der Waals surface area contributed by atoms with E-state index in [0.717, 1.165) is 6.07 Å². The molecule has 3 nitrogen and oxygen atoms in total. The predicted octanol–water partition coefficient (Wildman–Crippen LogP) is 3.36. The SMILES string of the molecule is Cc1cc(C#N)nc(-c2cc(Br)c(F)cc2F)n1. The Balaban J connectivity index is 2.66. The molecule has 0 aliphatic carbocycles. The lowest BCUT2D eigenvalue weighted by atomic mass is 10.2. The maximum Gasteiger partial charge on any atom is 0.163 e. The van der Waals surface area contributed by atoms with Crippen LogP contribution >= 0.6 is 15.9 Å². The van der Waals surface area contributed by atoms with Crippen molar-refractivity contribution in [3.8, 4) is 17.5 Å². The molecule has 0 radical (unpaired) electrons. The second-order valence-electron chi connectivity index (χ2n) is 3.58. The number of rotatable bonds is 1. The van der Waals surface area contributed by atoms with E-state index in [-0.39, 0.29) is 21.6 Å². The van der Waals surface area contributed by atoms with Gasteiger partial charge in [-0.1, -0.05) is 0 Å². The molecule has 2 rings (SSSR count). The first-order chi connectivity index (χ1) is 8.51. The van der Waals surface area contributed by atoms with Gasteiger partial charge in [-0.3, -0.25) is 0 Å². The molecule has 0 fully saturated rings. The monoisotopic (exact) mass is 309 g/mol. The molecule has 0 amide bonds. The van der Waals surface area contributed by atoms with Gasteiger partial charge in [0.25, 0.3) is 0 Å². The van der Waals surface area contributed by atoms with E-state index in [1.807, 2.05) is 6.07 Å². The fourth-order valence-electron chi connectivity index (χ4n) is 1.44. The van der Waals surface area contributed by atoms with Crippen LogP contribution in [0, 0.1) is 29.9 Å². The van der Waals surface area contributed by atoms with E-state index >= 15 is 0 Å². The van der Waals surface area contributed by atoms with Crippen LogP contribution < -0.4 is 0 Å². The molecule has 90 valence electrons. The van der Waals surface area contributed by atoms with Gasteiger partial charge in [-0.15, -0.1) is 0 Å². The van der Waals surface area contributed by atoms with Gasteiger partial charge in [0, 0.05) is 11.8 Å². The third-order valence-corrected chi connectivity index (χ3v) is 2.83. The Labute approximate surface area is 110 Å². The number of benzene rings is 1. The van der Waals surface area contributed by atoms with Gasteiger partial charge in [-0.2, -0.15) is 5.26 Å². The van der Waals surface area contributed by atoms with E-state index in [2.05, 4.69) is 25.9 Å².